The monoisotopic (exact) mass is 601 g/mol. The highest BCUT2D eigenvalue weighted by Gasteiger charge is 2.33. The number of hydrogen-bond donors (Lipinski definition) is 3. The lowest BCUT2D eigenvalue weighted by atomic mass is 10.00. The van der Waals surface area contributed by atoms with Crippen molar-refractivity contribution in [2.75, 3.05) is 13.1 Å². The first-order valence-electron chi connectivity index (χ1n) is 14.8. The van der Waals surface area contributed by atoms with Crippen molar-refractivity contribution >= 4 is 23.2 Å². The molecule has 4 aromatic rings. The van der Waals surface area contributed by atoms with Gasteiger partial charge in [0.25, 0.3) is 11.8 Å². The summed E-state index contributed by atoms with van der Waals surface area (Å²) < 4.78 is 5.39. The SMILES string of the molecule is Cc1csc([C@H]2CCCN2C(=O)c2cccc(C(=O)N[C@@H](Cc3ccccc3)[C@@H](O)CNCc3cc(C(C)C)no3)c2)n1. The number of thiazole rings is 1. The molecule has 5 rings (SSSR count). The van der Waals surface area contributed by atoms with Crippen molar-refractivity contribution in [3.63, 3.8) is 0 Å². The van der Waals surface area contributed by atoms with Crippen molar-refractivity contribution in [1.82, 2.24) is 25.7 Å². The summed E-state index contributed by atoms with van der Waals surface area (Å²) in [6.45, 7) is 7.36. The van der Waals surface area contributed by atoms with Gasteiger partial charge in [-0.15, -0.1) is 11.3 Å². The molecule has 1 aliphatic rings. The Morgan fingerprint density at radius 1 is 1.12 bits per heavy atom. The fourth-order valence-electron chi connectivity index (χ4n) is 5.32. The first kappa shape index (κ1) is 30.6. The lowest BCUT2D eigenvalue weighted by molar-refractivity contribution is 0.0735. The van der Waals surface area contributed by atoms with Gasteiger partial charge in [-0.05, 0) is 55.9 Å². The Morgan fingerprint density at radius 2 is 1.91 bits per heavy atom. The molecule has 226 valence electrons. The first-order valence-corrected chi connectivity index (χ1v) is 15.7. The van der Waals surface area contributed by atoms with Gasteiger partial charge in [-0.2, -0.15) is 0 Å². The zero-order valence-electron chi connectivity index (χ0n) is 24.8. The maximum atomic E-state index is 13.6. The minimum atomic E-state index is -0.881. The maximum Gasteiger partial charge on any atom is 0.254 e. The van der Waals surface area contributed by atoms with Gasteiger partial charge < -0.3 is 25.2 Å². The summed E-state index contributed by atoms with van der Waals surface area (Å²) in [6.07, 6.45) is 1.35. The second-order valence-corrected chi connectivity index (χ2v) is 12.3. The molecule has 2 aromatic carbocycles. The van der Waals surface area contributed by atoms with Crippen LogP contribution in [0.25, 0.3) is 0 Å². The number of likely N-dealkylation sites (tertiary alicyclic amines) is 1. The van der Waals surface area contributed by atoms with Crippen LogP contribution in [0.5, 0.6) is 0 Å². The molecule has 3 N–H and O–H groups in total. The quantitative estimate of drug-likeness (QED) is 0.208. The molecule has 0 radical (unpaired) electrons. The molecule has 0 bridgehead atoms. The zero-order chi connectivity index (χ0) is 30.3. The van der Waals surface area contributed by atoms with Gasteiger partial charge in [-0.25, -0.2) is 4.98 Å². The van der Waals surface area contributed by atoms with E-state index in [1.807, 2.05) is 67.4 Å². The van der Waals surface area contributed by atoms with E-state index in [2.05, 4.69) is 20.8 Å². The predicted octanol–water partition coefficient (Wildman–Crippen LogP) is 5.03. The molecule has 0 saturated carbocycles. The van der Waals surface area contributed by atoms with Crippen LogP contribution in [0.2, 0.25) is 0 Å². The van der Waals surface area contributed by atoms with Gasteiger partial charge in [0, 0.05) is 41.4 Å². The van der Waals surface area contributed by atoms with Crippen LogP contribution in [0, 0.1) is 6.92 Å². The third-order valence-corrected chi connectivity index (χ3v) is 8.77. The third kappa shape index (κ3) is 7.76. The van der Waals surface area contributed by atoms with E-state index in [-0.39, 0.29) is 30.3 Å². The predicted molar refractivity (Wildman–Crippen MR) is 166 cm³/mol. The van der Waals surface area contributed by atoms with Crippen LogP contribution >= 0.6 is 11.3 Å². The van der Waals surface area contributed by atoms with Crippen LogP contribution in [0.1, 0.15) is 87.1 Å². The molecule has 2 amide bonds. The van der Waals surface area contributed by atoms with Crippen molar-refractivity contribution in [3.05, 3.63) is 105 Å². The number of carbonyl (C=O) groups is 2. The molecule has 1 saturated heterocycles. The second-order valence-electron chi connectivity index (χ2n) is 11.4. The summed E-state index contributed by atoms with van der Waals surface area (Å²) in [4.78, 5) is 33.5. The van der Waals surface area contributed by atoms with Crippen molar-refractivity contribution in [2.45, 2.75) is 70.7 Å². The molecule has 0 spiro atoms. The molecule has 0 unspecified atom stereocenters. The first-order chi connectivity index (χ1) is 20.8. The molecule has 1 fully saturated rings. The molecule has 3 heterocycles. The van der Waals surface area contributed by atoms with Crippen molar-refractivity contribution < 1.29 is 19.2 Å². The number of aryl methyl sites for hydroxylation is 1. The number of rotatable bonds is 12. The third-order valence-electron chi connectivity index (χ3n) is 7.71. The summed E-state index contributed by atoms with van der Waals surface area (Å²) in [7, 11) is 0. The van der Waals surface area contributed by atoms with E-state index < -0.39 is 12.1 Å². The number of nitrogens with zero attached hydrogens (tertiary/aromatic N) is 3. The molecule has 10 heteroatoms. The van der Waals surface area contributed by atoms with Crippen LogP contribution in [0.3, 0.4) is 0 Å². The summed E-state index contributed by atoms with van der Waals surface area (Å²) in [5, 5.41) is 24.5. The van der Waals surface area contributed by atoms with Gasteiger partial charge >= 0.3 is 0 Å². The number of aliphatic hydroxyl groups excluding tert-OH is 1. The van der Waals surface area contributed by atoms with Crippen molar-refractivity contribution in [1.29, 1.82) is 0 Å². The molecule has 2 aromatic heterocycles. The smallest absolute Gasteiger partial charge is 0.254 e. The number of carbonyl (C=O) groups excluding carboxylic acids is 2. The number of amides is 2. The van der Waals surface area contributed by atoms with Gasteiger partial charge in [0.15, 0.2) is 5.76 Å². The Bertz CT molecular complexity index is 1520. The van der Waals surface area contributed by atoms with E-state index in [0.717, 1.165) is 34.8 Å². The zero-order valence-corrected chi connectivity index (χ0v) is 25.6. The molecular formula is C33H39N5O4S. The minimum Gasteiger partial charge on any atom is -0.390 e. The maximum absolute atomic E-state index is 13.6. The van der Waals surface area contributed by atoms with E-state index in [4.69, 9.17) is 4.52 Å². The van der Waals surface area contributed by atoms with Gasteiger partial charge in [-0.3, -0.25) is 9.59 Å². The van der Waals surface area contributed by atoms with Gasteiger partial charge in [0.2, 0.25) is 0 Å². The number of aromatic nitrogens is 2. The largest absolute Gasteiger partial charge is 0.390 e. The fraction of sp³-hybridized carbons (Fsp3) is 0.394. The summed E-state index contributed by atoms with van der Waals surface area (Å²) >= 11 is 1.58. The average molecular weight is 602 g/mol. The van der Waals surface area contributed by atoms with E-state index in [1.54, 1.807) is 35.6 Å². The fourth-order valence-corrected chi connectivity index (χ4v) is 6.27. The van der Waals surface area contributed by atoms with E-state index >= 15 is 0 Å². The van der Waals surface area contributed by atoms with Gasteiger partial charge in [-0.1, -0.05) is 55.4 Å². The van der Waals surface area contributed by atoms with E-state index in [9.17, 15) is 14.7 Å². The summed E-state index contributed by atoms with van der Waals surface area (Å²) in [6, 6.07) is 17.8. The number of hydrogen-bond acceptors (Lipinski definition) is 8. The molecule has 1 aliphatic heterocycles. The van der Waals surface area contributed by atoms with Crippen LogP contribution in [-0.2, 0) is 13.0 Å². The van der Waals surface area contributed by atoms with E-state index in [1.165, 1.54) is 0 Å². The highest BCUT2D eigenvalue weighted by molar-refractivity contribution is 7.09. The Labute approximate surface area is 256 Å². The second kappa shape index (κ2) is 14.1. The Morgan fingerprint density at radius 3 is 2.63 bits per heavy atom. The van der Waals surface area contributed by atoms with Crippen LogP contribution in [0.15, 0.2) is 70.6 Å². The van der Waals surface area contributed by atoms with E-state index in [0.29, 0.717) is 36.4 Å². The molecule has 9 nitrogen and oxygen atoms in total. The highest BCUT2D eigenvalue weighted by Crippen LogP contribution is 2.34. The summed E-state index contributed by atoms with van der Waals surface area (Å²) in [5.41, 5.74) is 3.66. The lowest BCUT2D eigenvalue weighted by Gasteiger charge is -2.25. The summed E-state index contributed by atoms with van der Waals surface area (Å²) in [5.74, 6) is 0.496. The average Bonchev–Trinajstić information content (AvgIpc) is 3.78. The molecular weight excluding hydrogens is 562 g/mol. The van der Waals surface area contributed by atoms with Gasteiger partial charge in [0.05, 0.1) is 30.4 Å². The Balaban J connectivity index is 1.26. The Hall–Kier alpha value is -3.86. The normalized spacial score (nSPS) is 16.4. The standard InChI is InChI=1S/C33H39N5O4S/c1-21(2)27-17-26(42-37-27)18-34-19-30(39)28(15-23-9-5-4-6-10-23)36-31(40)24-11-7-12-25(16-24)33(41)38-14-8-13-29(38)32-35-22(3)20-43-32/h4-7,9-12,16-17,20-21,28-30,34,39H,8,13-15,18-19H2,1-3H3,(H,36,40)/t28-,29+,30-/m0/s1. The van der Waals surface area contributed by atoms with Crippen LogP contribution in [-0.4, -0.2) is 57.2 Å². The number of nitrogens with one attached hydrogen (secondary N) is 2. The molecule has 0 aliphatic carbocycles. The van der Waals surface area contributed by atoms with Crippen molar-refractivity contribution in [2.24, 2.45) is 0 Å². The Kier molecular flexibility index (Phi) is 10.0. The molecule has 43 heavy (non-hydrogen) atoms. The van der Waals surface area contributed by atoms with Crippen molar-refractivity contribution in [3.8, 4) is 0 Å². The highest BCUT2D eigenvalue weighted by atomic mass is 32.1. The van der Waals surface area contributed by atoms with Gasteiger partial charge in [0.1, 0.15) is 5.01 Å². The topological polar surface area (TPSA) is 121 Å². The van der Waals surface area contributed by atoms with Crippen LogP contribution in [0.4, 0.5) is 0 Å². The number of benzene rings is 2. The number of aliphatic hydroxyl groups is 1. The minimum absolute atomic E-state index is 0.0458. The molecule has 3 atom stereocenters. The van der Waals surface area contributed by atoms with Crippen LogP contribution < -0.4 is 10.6 Å². The lowest BCUT2D eigenvalue weighted by Crippen LogP contribution is -2.48.